The van der Waals surface area contributed by atoms with Gasteiger partial charge in [-0.05, 0) is 73.2 Å². The molecule has 0 amide bonds. The van der Waals surface area contributed by atoms with Crippen LogP contribution in [0.2, 0.25) is 0 Å². The summed E-state index contributed by atoms with van der Waals surface area (Å²) >= 11 is 0. The van der Waals surface area contributed by atoms with E-state index in [1.807, 2.05) is 32.1 Å². The highest BCUT2D eigenvalue weighted by atomic mass is 19.1. The number of halogens is 1. The molecular formula is C41H51FO9. The maximum absolute atomic E-state index is 14.4. The van der Waals surface area contributed by atoms with Gasteiger partial charge in [0.05, 0.1) is 30.5 Å². The molecule has 6 rings (SSSR count). The Kier molecular flexibility index (Phi) is 10.9. The Labute approximate surface area is 299 Å². The first-order valence-electron chi connectivity index (χ1n) is 18.2. The number of rotatable bonds is 4. The molecule has 4 heterocycles. The Morgan fingerprint density at radius 2 is 1.82 bits per heavy atom. The minimum Gasteiger partial charge on any atom is -0.462 e. The molecule has 0 radical (unpaired) electrons. The van der Waals surface area contributed by atoms with Gasteiger partial charge < -0.3 is 33.9 Å². The second-order valence-electron chi connectivity index (χ2n) is 15.1. The van der Waals surface area contributed by atoms with Gasteiger partial charge >= 0.3 is 11.9 Å². The molecule has 2 saturated heterocycles. The number of carbonyl (C=O) groups excluding carboxylic acids is 2. The number of esters is 2. The number of carbonyl (C=O) groups is 2. The van der Waals surface area contributed by atoms with E-state index in [2.05, 4.69) is 26.8 Å². The number of aliphatic hydroxyl groups is 2. The third-order valence-corrected chi connectivity index (χ3v) is 11.3. The van der Waals surface area contributed by atoms with Crippen molar-refractivity contribution in [1.29, 1.82) is 0 Å². The van der Waals surface area contributed by atoms with Gasteiger partial charge in [-0.3, -0.25) is 4.79 Å². The largest absolute Gasteiger partial charge is 0.462 e. The SMILES string of the molecule is CC[C@H](C)[C@H]1O[C@]2(C=C[C@@H]1C)C[C@@H]1C[C@@H](C/C=C(\C)[C@@H](O)[C@@H](C)/C=C/C=C3\CO[C@@H]4[C@H](OC(=O)c5ccc(F)cc5)C(C)=C[C@@H](C(=O)O1)[C@]34O)O2. The van der Waals surface area contributed by atoms with Crippen LogP contribution in [0.1, 0.15) is 77.6 Å². The number of hydrogen-bond donors (Lipinski definition) is 2. The molecule has 0 aromatic heterocycles. The molecule has 0 unspecified atom stereocenters. The van der Waals surface area contributed by atoms with E-state index in [4.69, 9.17) is 23.7 Å². The quantitative estimate of drug-likeness (QED) is 0.274. The van der Waals surface area contributed by atoms with E-state index in [1.54, 1.807) is 25.2 Å². The molecule has 12 atom stereocenters. The Morgan fingerprint density at radius 1 is 1.08 bits per heavy atom. The fourth-order valence-electron chi connectivity index (χ4n) is 8.06. The van der Waals surface area contributed by atoms with Crippen LogP contribution in [-0.4, -0.2) is 76.8 Å². The minimum atomic E-state index is -1.93. The highest BCUT2D eigenvalue weighted by Gasteiger charge is 2.61. The molecule has 5 aliphatic rings. The lowest BCUT2D eigenvalue weighted by molar-refractivity contribution is -0.300. The maximum Gasteiger partial charge on any atom is 0.338 e. The third kappa shape index (κ3) is 7.44. The van der Waals surface area contributed by atoms with Crippen LogP contribution in [-0.2, 0) is 28.5 Å². The molecule has 2 fully saturated rings. The molecule has 10 heteroatoms. The van der Waals surface area contributed by atoms with Crippen molar-refractivity contribution in [1.82, 2.24) is 0 Å². The summed E-state index contributed by atoms with van der Waals surface area (Å²) in [7, 11) is 0. The van der Waals surface area contributed by atoms with E-state index in [0.29, 0.717) is 24.0 Å². The number of benzene rings is 1. The van der Waals surface area contributed by atoms with Crippen LogP contribution in [0.5, 0.6) is 0 Å². The summed E-state index contributed by atoms with van der Waals surface area (Å²) in [5.41, 5.74) is -0.0865. The second kappa shape index (κ2) is 14.9. The van der Waals surface area contributed by atoms with Gasteiger partial charge in [-0.2, -0.15) is 0 Å². The van der Waals surface area contributed by atoms with Crippen LogP contribution in [0.4, 0.5) is 4.39 Å². The Morgan fingerprint density at radius 3 is 2.55 bits per heavy atom. The standard InChI is InChI=1S/C41H51FO9/c1-7-23(2)35-26(5)17-18-40(51-35)21-32-20-31(50-40)16-11-25(4)34(43)24(3)9-8-10-29-22-47-37-36(49-38(44)28-12-14-30(42)15-13-28)27(6)19-33(39(45)48-32)41(29,37)46/h8-15,17-19,23-24,26,31-37,43,46H,7,16,20-22H2,1-6H3/b9-8+,25-11+,29-10+/t23-,24-,26-,31+,32-,33-,34-,35+,36+,37+,40+,41+/m0/s1. The highest BCUT2D eigenvalue weighted by Crippen LogP contribution is 2.48. The number of hydrogen-bond acceptors (Lipinski definition) is 9. The van der Waals surface area contributed by atoms with Crippen LogP contribution >= 0.6 is 0 Å². The van der Waals surface area contributed by atoms with Crippen LogP contribution in [0.3, 0.4) is 0 Å². The molecule has 1 aromatic rings. The van der Waals surface area contributed by atoms with E-state index in [9.17, 15) is 24.2 Å². The molecule has 51 heavy (non-hydrogen) atoms. The fourth-order valence-corrected chi connectivity index (χ4v) is 8.06. The van der Waals surface area contributed by atoms with Gasteiger partial charge in [-0.15, -0.1) is 0 Å². The number of ether oxygens (including phenoxy) is 5. The summed E-state index contributed by atoms with van der Waals surface area (Å²) in [6.07, 6.45) is 10.9. The Hall–Kier alpha value is -3.41. The summed E-state index contributed by atoms with van der Waals surface area (Å²) in [6.45, 7) is 11.9. The van der Waals surface area contributed by atoms with Crippen molar-refractivity contribution in [3.63, 3.8) is 0 Å². The lowest BCUT2D eigenvalue weighted by Crippen LogP contribution is -2.59. The lowest BCUT2D eigenvalue weighted by atomic mass is 9.70. The van der Waals surface area contributed by atoms with Crippen LogP contribution < -0.4 is 0 Å². The number of fused-ring (bicyclic) bond motifs is 2. The Balaban J connectivity index is 1.37. The van der Waals surface area contributed by atoms with Gasteiger partial charge in [0.1, 0.15) is 29.5 Å². The lowest BCUT2D eigenvalue weighted by Gasteiger charge is -2.48. The predicted molar refractivity (Wildman–Crippen MR) is 188 cm³/mol. The molecular weight excluding hydrogens is 655 g/mol. The Bertz CT molecular complexity index is 1630. The molecule has 1 spiro atoms. The van der Waals surface area contributed by atoms with E-state index < -0.39 is 59.5 Å². The zero-order valence-corrected chi connectivity index (χ0v) is 30.3. The zero-order valence-electron chi connectivity index (χ0n) is 30.3. The predicted octanol–water partition coefficient (Wildman–Crippen LogP) is 6.31. The van der Waals surface area contributed by atoms with Crippen LogP contribution in [0.25, 0.3) is 0 Å². The molecule has 0 saturated carbocycles. The minimum absolute atomic E-state index is 0.0346. The monoisotopic (exact) mass is 706 g/mol. The van der Waals surface area contributed by atoms with Gasteiger partial charge in [0.25, 0.3) is 0 Å². The van der Waals surface area contributed by atoms with Gasteiger partial charge in [0.15, 0.2) is 11.9 Å². The van der Waals surface area contributed by atoms with Crippen LogP contribution in [0.15, 0.2) is 83.5 Å². The molecule has 276 valence electrons. The summed E-state index contributed by atoms with van der Waals surface area (Å²) < 4.78 is 45.4. The van der Waals surface area contributed by atoms with E-state index in [1.165, 1.54) is 24.3 Å². The molecule has 2 bridgehead atoms. The molecule has 1 aliphatic carbocycles. The number of allylic oxidation sites excluding steroid dienone is 2. The van der Waals surface area contributed by atoms with E-state index in [-0.39, 0.29) is 48.6 Å². The summed E-state index contributed by atoms with van der Waals surface area (Å²) in [4.78, 5) is 27.6. The first-order valence-corrected chi connectivity index (χ1v) is 18.2. The van der Waals surface area contributed by atoms with Gasteiger partial charge in [-0.25, -0.2) is 9.18 Å². The second-order valence-corrected chi connectivity index (χ2v) is 15.1. The smallest absolute Gasteiger partial charge is 0.338 e. The van der Waals surface area contributed by atoms with Crippen molar-refractivity contribution in [2.45, 2.75) is 115 Å². The van der Waals surface area contributed by atoms with Crippen molar-refractivity contribution in [2.75, 3.05) is 6.61 Å². The fraction of sp³-hybridized carbons (Fsp3) is 0.561. The average Bonchev–Trinajstić information content (AvgIpc) is 3.44. The van der Waals surface area contributed by atoms with Crippen molar-refractivity contribution >= 4 is 11.9 Å². The summed E-state index contributed by atoms with van der Waals surface area (Å²) in [5.74, 6) is -3.98. The number of aliphatic hydroxyl groups excluding tert-OH is 1. The first kappa shape index (κ1) is 37.4. The summed E-state index contributed by atoms with van der Waals surface area (Å²) in [6, 6.07) is 4.98. The van der Waals surface area contributed by atoms with Crippen molar-refractivity contribution in [2.24, 2.45) is 23.7 Å². The van der Waals surface area contributed by atoms with Crippen molar-refractivity contribution in [3.8, 4) is 0 Å². The van der Waals surface area contributed by atoms with Gasteiger partial charge in [-0.1, -0.05) is 70.6 Å². The van der Waals surface area contributed by atoms with Crippen LogP contribution in [0, 0.1) is 29.5 Å². The third-order valence-electron chi connectivity index (χ3n) is 11.3. The average molecular weight is 707 g/mol. The first-order chi connectivity index (χ1) is 24.2. The van der Waals surface area contributed by atoms with Gasteiger partial charge in [0, 0.05) is 24.7 Å². The van der Waals surface area contributed by atoms with Crippen molar-refractivity contribution in [3.05, 3.63) is 94.9 Å². The topological polar surface area (TPSA) is 121 Å². The van der Waals surface area contributed by atoms with E-state index in [0.717, 1.165) is 12.0 Å². The van der Waals surface area contributed by atoms with Gasteiger partial charge in [0.2, 0.25) is 0 Å². The highest BCUT2D eigenvalue weighted by molar-refractivity contribution is 5.89. The molecule has 1 aromatic carbocycles. The summed E-state index contributed by atoms with van der Waals surface area (Å²) in [5, 5.41) is 23.8. The molecule has 4 aliphatic heterocycles. The molecule has 2 N–H and O–H groups in total. The maximum atomic E-state index is 14.4. The van der Waals surface area contributed by atoms with Crippen molar-refractivity contribution < 1.29 is 47.9 Å². The zero-order chi connectivity index (χ0) is 36.7. The van der Waals surface area contributed by atoms with E-state index >= 15 is 0 Å². The normalized spacial score (nSPS) is 41.6. The molecule has 9 nitrogen and oxygen atoms in total.